The molecule has 2 aliphatic heterocycles. The van der Waals surface area contributed by atoms with Crippen LogP contribution in [0.25, 0.3) is 0 Å². The minimum absolute atomic E-state index is 0.0254. The van der Waals surface area contributed by atoms with Crippen molar-refractivity contribution in [3.63, 3.8) is 0 Å². The Kier molecular flexibility index (Phi) is 8.15. The molecule has 0 bridgehead atoms. The smallest absolute Gasteiger partial charge is 0.417 e. The van der Waals surface area contributed by atoms with Gasteiger partial charge in [0.05, 0.1) is 17.2 Å². The van der Waals surface area contributed by atoms with E-state index in [1.165, 1.54) is 12.3 Å². The first-order valence-electron chi connectivity index (χ1n) is 13.1. The Morgan fingerprint density at radius 2 is 1.70 bits per heavy atom. The van der Waals surface area contributed by atoms with Crippen molar-refractivity contribution in [1.82, 2.24) is 14.9 Å². The summed E-state index contributed by atoms with van der Waals surface area (Å²) in [5.74, 6) is 0.903. The number of pyridine rings is 2. The second-order valence-corrected chi connectivity index (χ2v) is 11.6. The Bertz CT molecular complexity index is 1320. The molecular weight excluding hydrogens is 564 g/mol. The second-order valence-electron chi connectivity index (χ2n) is 10.7. The highest BCUT2D eigenvalue weighted by molar-refractivity contribution is 6.30. The number of piperidine rings is 1. The van der Waals surface area contributed by atoms with Gasteiger partial charge >= 0.3 is 6.18 Å². The van der Waals surface area contributed by atoms with Gasteiger partial charge in [0, 0.05) is 66.9 Å². The number of carbonyl (C=O) groups is 1. The molecule has 0 N–H and O–H groups in total. The summed E-state index contributed by atoms with van der Waals surface area (Å²) >= 11 is 12.1. The summed E-state index contributed by atoms with van der Waals surface area (Å²) in [6, 6.07) is 13.6. The number of alkyl halides is 3. The van der Waals surface area contributed by atoms with E-state index in [0.29, 0.717) is 67.4 Å². The molecule has 1 amide bonds. The highest BCUT2D eigenvalue weighted by Gasteiger charge is 2.47. The largest absolute Gasteiger partial charge is 0.477 e. The first-order valence-corrected chi connectivity index (χ1v) is 13.8. The van der Waals surface area contributed by atoms with E-state index in [2.05, 4.69) is 16.9 Å². The number of hydrogen-bond acceptors (Lipinski definition) is 5. The molecule has 6 nitrogen and oxygen atoms in total. The summed E-state index contributed by atoms with van der Waals surface area (Å²) in [5, 5.41) is 1.17. The number of aromatic nitrogens is 2. The predicted octanol–water partition coefficient (Wildman–Crippen LogP) is 6.73. The zero-order valence-corrected chi connectivity index (χ0v) is 23.4. The van der Waals surface area contributed by atoms with Crippen LogP contribution in [-0.4, -0.2) is 53.6 Å². The molecule has 11 heteroatoms. The molecule has 1 aromatic carbocycles. The third kappa shape index (κ3) is 6.31. The van der Waals surface area contributed by atoms with Crippen LogP contribution in [0.3, 0.4) is 0 Å². The van der Waals surface area contributed by atoms with Crippen LogP contribution < -0.4 is 9.64 Å². The van der Waals surface area contributed by atoms with Crippen molar-refractivity contribution < 1.29 is 22.7 Å². The summed E-state index contributed by atoms with van der Waals surface area (Å²) in [6.07, 6.45) is -0.824. The Labute approximate surface area is 241 Å². The van der Waals surface area contributed by atoms with Crippen LogP contribution in [0.4, 0.5) is 19.0 Å². The Hall–Kier alpha value is -3.04. The van der Waals surface area contributed by atoms with Gasteiger partial charge in [-0.05, 0) is 48.7 Å². The summed E-state index contributed by atoms with van der Waals surface area (Å²) in [4.78, 5) is 25.8. The SMILES string of the molecule is C[C@]1(COc2ccc(Cl)cn2)CN(C(=O)C2CCN(c3ccc(C(F)(F)F)cn3)CC2)C[C@@H]1c1ccc(Cl)cc1. The number of carbonyl (C=O) groups excluding carboxylic acids is 1. The first-order chi connectivity index (χ1) is 19.0. The van der Waals surface area contributed by atoms with E-state index in [0.717, 1.165) is 17.8 Å². The second kappa shape index (κ2) is 11.4. The average Bonchev–Trinajstić information content (AvgIpc) is 3.30. The van der Waals surface area contributed by atoms with Crippen LogP contribution in [0.1, 0.15) is 36.8 Å². The van der Waals surface area contributed by atoms with E-state index in [4.69, 9.17) is 27.9 Å². The number of ether oxygens (including phenoxy) is 1. The molecular formula is C29H29Cl2F3N4O2. The van der Waals surface area contributed by atoms with E-state index in [1.807, 2.05) is 34.1 Å². The molecule has 212 valence electrons. The van der Waals surface area contributed by atoms with Gasteiger partial charge in [-0.1, -0.05) is 42.3 Å². The monoisotopic (exact) mass is 592 g/mol. The first kappa shape index (κ1) is 28.5. The maximum atomic E-state index is 13.7. The van der Waals surface area contributed by atoms with Crippen LogP contribution in [0.2, 0.25) is 10.0 Å². The quantitative estimate of drug-likeness (QED) is 0.317. The number of amides is 1. The van der Waals surface area contributed by atoms with Crippen molar-refractivity contribution in [3.05, 3.63) is 82.1 Å². The summed E-state index contributed by atoms with van der Waals surface area (Å²) < 4.78 is 44.7. The number of hydrogen-bond donors (Lipinski definition) is 0. The Morgan fingerprint density at radius 1 is 1.00 bits per heavy atom. The normalized spacial score (nSPS) is 22.0. The molecule has 0 aliphatic carbocycles. The number of nitrogens with zero attached hydrogens (tertiary/aromatic N) is 4. The molecule has 2 aromatic heterocycles. The van der Waals surface area contributed by atoms with Gasteiger partial charge in [0.25, 0.3) is 0 Å². The molecule has 40 heavy (non-hydrogen) atoms. The highest BCUT2D eigenvalue weighted by Crippen LogP contribution is 2.44. The van der Waals surface area contributed by atoms with Gasteiger partial charge in [-0.15, -0.1) is 0 Å². The number of benzene rings is 1. The molecule has 2 atom stereocenters. The third-order valence-corrected chi connectivity index (χ3v) is 8.35. The summed E-state index contributed by atoms with van der Waals surface area (Å²) in [5.41, 5.74) is -0.0714. The minimum atomic E-state index is -4.42. The zero-order valence-electron chi connectivity index (χ0n) is 21.9. The van der Waals surface area contributed by atoms with Crippen LogP contribution in [0, 0.1) is 11.3 Å². The van der Waals surface area contributed by atoms with Gasteiger partial charge in [-0.3, -0.25) is 4.79 Å². The van der Waals surface area contributed by atoms with Crippen LogP contribution in [-0.2, 0) is 11.0 Å². The molecule has 2 aliphatic rings. The van der Waals surface area contributed by atoms with E-state index in [-0.39, 0.29) is 23.2 Å². The van der Waals surface area contributed by atoms with Gasteiger partial charge in [-0.25, -0.2) is 9.97 Å². The Morgan fingerprint density at radius 3 is 2.30 bits per heavy atom. The van der Waals surface area contributed by atoms with E-state index in [9.17, 15) is 18.0 Å². The fraction of sp³-hybridized carbons (Fsp3) is 0.414. The standard InChI is InChI=1S/C29H29Cl2F3N4O2/c1-28(18-40-26-9-7-23(31)15-36-26)17-38(16-24(28)19-2-5-22(30)6-3-19)27(39)20-10-12-37(13-11-20)25-8-4-21(14-35-25)29(32,33)34/h2-9,14-15,20,24H,10-13,16-18H2,1H3/t24-,28-/m1/s1. The fourth-order valence-corrected chi connectivity index (χ4v) is 5.85. The highest BCUT2D eigenvalue weighted by atomic mass is 35.5. The van der Waals surface area contributed by atoms with Crippen molar-refractivity contribution in [2.75, 3.05) is 37.7 Å². The number of halogens is 5. The lowest BCUT2D eigenvalue weighted by Crippen LogP contribution is -2.43. The van der Waals surface area contributed by atoms with Gasteiger partial charge < -0.3 is 14.5 Å². The molecule has 4 heterocycles. The summed E-state index contributed by atoms with van der Waals surface area (Å²) in [7, 11) is 0. The van der Waals surface area contributed by atoms with Gasteiger partial charge in [0.1, 0.15) is 5.82 Å². The molecule has 3 aromatic rings. The molecule has 0 saturated carbocycles. The van der Waals surface area contributed by atoms with Crippen molar-refractivity contribution in [1.29, 1.82) is 0 Å². The molecule has 5 rings (SSSR count). The summed E-state index contributed by atoms with van der Waals surface area (Å²) in [6.45, 7) is 4.64. The van der Waals surface area contributed by atoms with Crippen LogP contribution in [0.15, 0.2) is 60.9 Å². The minimum Gasteiger partial charge on any atom is -0.477 e. The van der Waals surface area contributed by atoms with Crippen LogP contribution in [0.5, 0.6) is 5.88 Å². The zero-order chi connectivity index (χ0) is 28.5. The molecule has 0 radical (unpaired) electrons. The van der Waals surface area contributed by atoms with Crippen molar-refractivity contribution in [2.45, 2.75) is 31.9 Å². The van der Waals surface area contributed by atoms with Gasteiger partial charge in [0.2, 0.25) is 11.8 Å². The Balaban J connectivity index is 1.26. The van der Waals surface area contributed by atoms with Crippen LogP contribution >= 0.6 is 23.2 Å². The third-order valence-electron chi connectivity index (χ3n) is 7.87. The molecule has 2 saturated heterocycles. The molecule has 0 spiro atoms. The average molecular weight is 593 g/mol. The number of anilines is 1. The molecule has 0 unspecified atom stereocenters. The predicted molar refractivity (Wildman–Crippen MR) is 148 cm³/mol. The van der Waals surface area contributed by atoms with Crippen molar-refractivity contribution in [2.24, 2.45) is 11.3 Å². The lowest BCUT2D eigenvalue weighted by molar-refractivity contribution is -0.138. The number of rotatable bonds is 6. The van der Waals surface area contributed by atoms with Gasteiger partial charge in [0.15, 0.2) is 0 Å². The molecule has 2 fully saturated rings. The maximum absolute atomic E-state index is 13.7. The maximum Gasteiger partial charge on any atom is 0.417 e. The lowest BCUT2D eigenvalue weighted by atomic mass is 9.77. The number of likely N-dealkylation sites (tertiary alicyclic amines) is 1. The fourth-order valence-electron chi connectivity index (χ4n) is 5.61. The van der Waals surface area contributed by atoms with Crippen molar-refractivity contribution in [3.8, 4) is 5.88 Å². The van der Waals surface area contributed by atoms with Crippen molar-refractivity contribution >= 4 is 34.9 Å². The van der Waals surface area contributed by atoms with E-state index in [1.54, 1.807) is 12.1 Å². The van der Waals surface area contributed by atoms with E-state index < -0.39 is 11.7 Å². The topological polar surface area (TPSA) is 58.6 Å². The lowest BCUT2D eigenvalue weighted by Gasteiger charge is -2.34. The van der Waals surface area contributed by atoms with E-state index >= 15 is 0 Å². The van der Waals surface area contributed by atoms with Gasteiger partial charge in [-0.2, -0.15) is 13.2 Å².